The van der Waals surface area contributed by atoms with Crippen LogP contribution in [-0.4, -0.2) is 6.54 Å². The van der Waals surface area contributed by atoms with Crippen LogP contribution in [0, 0.1) is 9.39 Å². The fourth-order valence-corrected chi connectivity index (χ4v) is 1.85. The van der Waals surface area contributed by atoms with Crippen molar-refractivity contribution in [2.45, 2.75) is 12.5 Å². The molecule has 1 aliphatic heterocycles. The van der Waals surface area contributed by atoms with E-state index >= 15 is 0 Å². The molecule has 0 amide bonds. The van der Waals surface area contributed by atoms with Gasteiger partial charge in [0, 0.05) is 15.2 Å². The van der Waals surface area contributed by atoms with Crippen molar-refractivity contribution >= 4 is 35.0 Å². The lowest BCUT2D eigenvalue weighted by atomic mass is 9.98. The highest BCUT2D eigenvalue weighted by atomic mass is 127. The summed E-state index contributed by atoms with van der Waals surface area (Å²) in [6.07, 6.45) is 1.05. The Morgan fingerprint density at radius 3 is 2.69 bits per heavy atom. The normalized spacial score (nSPS) is 20.3. The van der Waals surface area contributed by atoms with Crippen LogP contribution in [0.4, 0.5) is 4.39 Å². The van der Waals surface area contributed by atoms with Gasteiger partial charge in [0.25, 0.3) is 0 Å². The van der Waals surface area contributed by atoms with Crippen LogP contribution in [0.1, 0.15) is 18.0 Å². The number of hydrogen-bond acceptors (Lipinski definition) is 1. The van der Waals surface area contributed by atoms with Gasteiger partial charge in [0.1, 0.15) is 5.82 Å². The number of rotatable bonds is 1. The van der Waals surface area contributed by atoms with Crippen molar-refractivity contribution in [3.8, 4) is 0 Å². The highest BCUT2D eigenvalue weighted by molar-refractivity contribution is 14.1. The summed E-state index contributed by atoms with van der Waals surface area (Å²) in [4.78, 5) is 0. The predicted molar refractivity (Wildman–Crippen MR) is 61.7 cm³/mol. The molecule has 0 unspecified atom stereocenters. The lowest BCUT2D eigenvalue weighted by molar-refractivity contribution is 0.370. The summed E-state index contributed by atoms with van der Waals surface area (Å²) >= 11 is 2.20. The van der Waals surface area contributed by atoms with Crippen molar-refractivity contribution in [3.05, 3.63) is 33.1 Å². The summed E-state index contributed by atoms with van der Waals surface area (Å²) in [5.41, 5.74) is 0.813. The van der Waals surface area contributed by atoms with E-state index in [9.17, 15) is 4.39 Å². The van der Waals surface area contributed by atoms with E-state index in [4.69, 9.17) is 0 Å². The average molecular weight is 314 g/mol. The minimum Gasteiger partial charge on any atom is -0.310 e. The number of hydrogen-bond donors (Lipinski definition) is 1. The average Bonchev–Trinajstić information content (AvgIpc) is 1.93. The number of benzene rings is 1. The molecule has 1 atom stereocenters. The standard InChI is InChI=1S/C9H9FIN.ClH/c10-8-2-1-6(11)5-7(8)9-3-4-12-9;/h1-2,5,9,12H,3-4H2;1H/t9-;/m0./s1. The monoisotopic (exact) mass is 313 g/mol. The highest BCUT2D eigenvalue weighted by Gasteiger charge is 2.21. The van der Waals surface area contributed by atoms with Crippen molar-refractivity contribution in [2.24, 2.45) is 0 Å². The minimum atomic E-state index is -0.0902. The van der Waals surface area contributed by atoms with Crippen LogP contribution < -0.4 is 5.32 Å². The van der Waals surface area contributed by atoms with Gasteiger partial charge in [-0.15, -0.1) is 12.4 Å². The smallest absolute Gasteiger partial charge is 0.128 e. The van der Waals surface area contributed by atoms with Crippen LogP contribution in [0.5, 0.6) is 0 Å². The lowest BCUT2D eigenvalue weighted by Gasteiger charge is -2.28. The van der Waals surface area contributed by atoms with E-state index in [0.29, 0.717) is 0 Å². The van der Waals surface area contributed by atoms with Crippen LogP contribution in [0.2, 0.25) is 0 Å². The molecule has 1 aliphatic rings. The Morgan fingerprint density at radius 1 is 1.46 bits per heavy atom. The molecule has 0 spiro atoms. The molecule has 1 saturated heterocycles. The molecule has 1 nitrogen and oxygen atoms in total. The zero-order valence-corrected chi connectivity index (χ0v) is 9.86. The summed E-state index contributed by atoms with van der Waals surface area (Å²) in [6.45, 7) is 1.01. The maximum atomic E-state index is 13.2. The summed E-state index contributed by atoms with van der Waals surface area (Å²) in [5.74, 6) is -0.0902. The van der Waals surface area contributed by atoms with Gasteiger partial charge < -0.3 is 5.32 Å². The molecule has 0 aliphatic carbocycles. The second-order valence-corrected chi connectivity index (χ2v) is 4.21. The van der Waals surface area contributed by atoms with Gasteiger partial charge in [-0.25, -0.2) is 4.39 Å². The van der Waals surface area contributed by atoms with Gasteiger partial charge in [-0.1, -0.05) is 0 Å². The maximum Gasteiger partial charge on any atom is 0.128 e. The molecule has 2 rings (SSSR count). The fourth-order valence-electron chi connectivity index (χ4n) is 1.34. The first-order valence-corrected chi connectivity index (χ1v) is 5.03. The molecule has 1 heterocycles. The zero-order chi connectivity index (χ0) is 8.55. The topological polar surface area (TPSA) is 12.0 Å². The third kappa shape index (κ3) is 2.33. The molecule has 1 N–H and O–H groups in total. The zero-order valence-electron chi connectivity index (χ0n) is 6.89. The van der Waals surface area contributed by atoms with Crippen molar-refractivity contribution in [3.63, 3.8) is 0 Å². The van der Waals surface area contributed by atoms with Gasteiger partial charge in [-0.05, 0) is 53.8 Å². The molecule has 0 saturated carbocycles. The number of nitrogens with one attached hydrogen (secondary N) is 1. The highest BCUT2D eigenvalue weighted by Crippen LogP contribution is 2.26. The SMILES string of the molecule is Cl.Fc1ccc(I)cc1[C@@H]1CCN1. The summed E-state index contributed by atoms with van der Waals surface area (Å²) in [6, 6.07) is 5.49. The molecule has 72 valence electrons. The van der Waals surface area contributed by atoms with Crippen molar-refractivity contribution in [1.82, 2.24) is 5.32 Å². The Bertz CT molecular complexity index is 302. The Hall–Kier alpha value is 0.130. The van der Waals surface area contributed by atoms with E-state index in [0.717, 1.165) is 22.1 Å². The first kappa shape index (κ1) is 11.2. The Morgan fingerprint density at radius 2 is 2.15 bits per heavy atom. The van der Waals surface area contributed by atoms with Crippen molar-refractivity contribution in [1.29, 1.82) is 0 Å². The van der Waals surface area contributed by atoms with Crippen LogP contribution in [0.3, 0.4) is 0 Å². The number of halogens is 3. The van der Waals surface area contributed by atoms with E-state index in [1.54, 1.807) is 6.07 Å². The third-order valence-corrected chi connectivity index (χ3v) is 2.83. The van der Waals surface area contributed by atoms with E-state index in [1.807, 2.05) is 6.07 Å². The second kappa shape index (κ2) is 4.57. The van der Waals surface area contributed by atoms with E-state index in [1.165, 1.54) is 6.07 Å². The first-order valence-electron chi connectivity index (χ1n) is 3.96. The van der Waals surface area contributed by atoms with Crippen molar-refractivity contribution < 1.29 is 4.39 Å². The molecular weight excluding hydrogens is 303 g/mol. The van der Waals surface area contributed by atoms with Gasteiger partial charge in [-0.2, -0.15) is 0 Å². The van der Waals surface area contributed by atoms with Crippen LogP contribution in [0.25, 0.3) is 0 Å². The van der Waals surface area contributed by atoms with E-state index < -0.39 is 0 Å². The first-order chi connectivity index (χ1) is 5.77. The maximum absolute atomic E-state index is 13.2. The van der Waals surface area contributed by atoms with Gasteiger partial charge >= 0.3 is 0 Å². The Balaban J connectivity index is 0.000000845. The van der Waals surface area contributed by atoms with Gasteiger partial charge in [-0.3, -0.25) is 0 Å². The Labute approximate surface area is 96.7 Å². The van der Waals surface area contributed by atoms with E-state index in [-0.39, 0.29) is 24.3 Å². The fraction of sp³-hybridized carbons (Fsp3) is 0.333. The summed E-state index contributed by atoms with van der Waals surface area (Å²) < 4.78 is 14.3. The lowest BCUT2D eigenvalue weighted by Crippen LogP contribution is -2.35. The van der Waals surface area contributed by atoms with Crippen LogP contribution in [-0.2, 0) is 0 Å². The van der Waals surface area contributed by atoms with Crippen LogP contribution >= 0.6 is 35.0 Å². The van der Waals surface area contributed by atoms with Gasteiger partial charge in [0.15, 0.2) is 0 Å². The minimum absolute atomic E-state index is 0. The molecule has 1 fully saturated rings. The van der Waals surface area contributed by atoms with Gasteiger partial charge in [0.2, 0.25) is 0 Å². The largest absolute Gasteiger partial charge is 0.310 e. The second-order valence-electron chi connectivity index (χ2n) is 2.96. The van der Waals surface area contributed by atoms with Crippen LogP contribution in [0.15, 0.2) is 18.2 Å². The molecule has 13 heavy (non-hydrogen) atoms. The summed E-state index contributed by atoms with van der Waals surface area (Å²) in [7, 11) is 0. The Kier molecular flexibility index (Phi) is 3.94. The summed E-state index contributed by atoms with van der Waals surface area (Å²) in [5, 5.41) is 3.19. The molecular formula is C9H10ClFIN. The quantitative estimate of drug-likeness (QED) is 0.786. The third-order valence-electron chi connectivity index (χ3n) is 2.16. The molecule has 4 heteroatoms. The van der Waals surface area contributed by atoms with Crippen molar-refractivity contribution in [2.75, 3.05) is 6.54 Å². The molecule has 0 bridgehead atoms. The van der Waals surface area contributed by atoms with Gasteiger partial charge in [0.05, 0.1) is 0 Å². The molecule has 1 aromatic rings. The predicted octanol–water partition coefficient (Wildman–Crippen LogP) is 2.89. The van der Waals surface area contributed by atoms with E-state index in [2.05, 4.69) is 27.9 Å². The molecule has 0 aromatic heterocycles. The molecule has 0 radical (unpaired) electrons. The molecule has 1 aromatic carbocycles.